The van der Waals surface area contributed by atoms with Gasteiger partial charge in [0.1, 0.15) is 0 Å². The lowest BCUT2D eigenvalue weighted by atomic mass is 9.85. The van der Waals surface area contributed by atoms with Crippen molar-refractivity contribution >= 4 is 35.8 Å². The van der Waals surface area contributed by atoms with E-state index < -0.39 is 0 Å². The highest BCUT2D eigenvalue weighted by atomic mass is 127. The van der Waals surface area contributed by atoms with Crippen LogP contribution in [0.5, 0.6) is 0 Å². The molecule has 3 aliphatic rings. The van der Waals surface area contributed by atoms with Crippen LogP contribution in [0.25, 0.3) is 0 Å². The maximum absolute atomic E-state index is 12.4. The van der Waals surface area contributed by atoms with E-state index in [1.54, 1.807) is 0 Å². The standard InChI is InChI=1S/C24H36N4O.HI/c1-25-24(27-22-15-21(22)20-10-6-3-7-11-20)26-16-19-14-23(29)28(17-19)13-12-18-8-4-2-5-9-18;/h2,4-5,8-9,19-22H,3,6-7,10-17H2,1H3,(H2,25,26,27);1H. The van der Waals surface area contributed by atoms with E-state index in [2.05, 4.69) is 39.9 Å². The van der Waals surface area contributed by atoms with Gasteiger partial charge >= 0.3 is 0 Å². The van der Waals surface area contributed by atoms with Gasteiger partial charge < -0.3 is 15.5 Å². The number of amides is 1. The molecule has 1 aromatic carbocycles. The monoisotopic (exact) mass is 524 g/mol. The minimum absolute atomic E-state index is 0. The molecular formula is C24H37IN4O. The molecule has 0 spiro atoms. The SMILES string of the molecule is CN=C(NCC1CC(=O)N(CCc2ccccc2)C1)NC1CC1C1CCCCC1.I. The summed E-state index contributed by atoms with van der Waals surface area (Å²) in [6.07, 6.45) is 9.95. The minimum atomic E-state index is 0. The highest BCUT2D eigenvalue weighted by Gasteiger charge is 2.43. The molecule has 1 aromatic rings. The molecule has 0 bridgehead atoms. The summed E-state index contributed by atoms with van der Waals surface area (Å²) in [6, 6.07) is 11.0. The van der Waals surface area contributed by atoms with Gasteiger partial charge in [-0.1, -0.05) is 62.4 Å². The quantitative estimate of drug-likeness (QED) is 0.324. The molecule has 3 unspecified atom stereocenters. The summed E-state index contributed by atoms with van der Waals surface area (Å²) in [6.45, 7) is 2.48. The Morgan fingerprint density at radius 3 is 2.67 bits per heavy atom. The fraction of sp³-hybridized carbons (Fsp3) is 0.667. The predicted octanol–water partition coefficient (Wildman–Crippen LogP) is 3.83. The third-order valence-corrected chi connectivity index (χ3v) is 7.01. The number of carbonyl (C=O) groups excluding carboxylic acids is 1. The van der Waals surface area contributed by atoms with Gasteiger partial charge in [0.15, 0.2) is 5.96 Å². The van der Waals surface area contributed by atoms with Crippen molar-refractivity contribution in [3.63, 3.8) is 0 Å². The fourth-order valence-corrected chi connectivity index (χ4v) is 5.19. The third kappa shape index (κ3) is 6.34. The molecule has 2 saturated carbocycles. The van der Waals surface area contributed by atoms with Gasteiger partial charge in [-0.25, -0.2) is 0 Å². The molecule has 30 heavy (non-hydrogen) atoms. The van der Waals surface area contributed by atoms with Gasteiger partial charge in [0.25, 0.3) is 0 Å². The summed E-state index contributed by atoms with van der Waals surface area (Å²) >= 11 is 0. The Bertz CT molecular complexity index is 704. The van der Waals surface area contributed by atoms with Crippen molar-refractivity contribution in [2.75, 3.05) is 26.7 Å². The summed E-state index contributed by atoms with van der Waals surface area (Å²) in [7, 11) is 1.85. The first-order chi connectivity index (χ1) is 14.2. The van der Waals surface area contributed by atoms with Crippen LogP contribution in [0, 0.1) is 17.8 Å². The molecule has 4 rings (SSSR count). The maximum Gasteiger partial charge on any atom is 0.223 e. The molecule has 3 atom stereocenters. The Morgan fingerprint density at radius 1 is 1.17 bits per heavy atom. The van der Waals surface area contributed by atoms with Gasteiger partial charge in [0.05, 0.1) is 0 Å². The van der Waals surface area contributed by atoms with Crippen LogP contribution in [0.1, 0.15) is 50.5 Å². The number of hydrogen-bond acceptors (Lipinski definition) is 2. The molecule has 1 heterocycles. The van der Waals surface area contributed by atoms with Gasteiger partial charge in [0, 0.05) is 45.1 Å². The number of benzene rings is 1. The Labute approximate surface area is 198 Å². The van der Waals surface area contributed by atoms with Crippen LogP contribution in [0.2, 0.25) is 0 Å². The van der Waals surface area contributed by atoms with E-state index >= 15 is 0 Å². The molecule has 1 aliphatic heterocycles. The van der Waals surface area contributed by atoms with Crippen molar-refractivity contribution in [3.8, 4) is 0 Å². The average Bonchev–Trinajstić information content (AvgIpc) is 3.45. The number of nitrogens with zero attached hydrogens (tertiary/aromatic N) is 2. The number of aliphatic imine (C=N–C) groups is 1. The first-order valence-corrected chi connectivity index (χ1v) is 11.5. The van der Waals surface area contributed by atoms with E-state index in [0.717, 1.165) is 43.9 Å². The third-order valence-electron chi connectivity index (χ3n) is 7.01. The smallest absolute Gasteiger partial charge is 0.223 e. The average molecular weight is 524 g/mol. The van der Waals surface area contributed by atoms with Crippen LogP contribution in [0.15, 0.2) is 35.3 Å². The van der Waals surface area contributed by atoms with E-state index in [4.69, 9.17) is 0 Å². The summed E-state index contributed by atoms with van der Waals surface area (Å²) in [5.74, 6) is 3.32. The number of rotatable bonds is 7. The van der Waals surface area contributed by atoms with Crippen LogP contribution in [0.4, 0.5) is 0 Å². The van der Waals surface area contributed by atoms with Gasteiger partial charge in [0.2, 0.25) is 5.91 Å². The zero-order valence-corrected chi connectivity index (χ0v) is 20.5. The van der Waals surface area contributed by atoms with Crippen LogP contribution < -0.4 is 10.6 Å². The van der Waals surface area contributed by atoms with Gasteiger partial charge in [-0.3, -0.25) is 9.79 Å². The topological polar surface area (TPSA) is 56.7 Å². The van der Waals surface area contributed by atoms with E-state index in [1.807, 2.05) is 18.0 Å². The van der Waals surface area contributed by atoms with E-state index in [-0.39, 0.29) is 29.9 Å². The lowest BCUT2D eigenvalue weighted by molar-refractivity contribution is -0.127. The minimum Gasteiger partial charge on any atom is -0.356 e. The van der Waals surface area contributed by atoms with Crippen LogP contribution in [0.3, 0.4) is 0 Å². The first-order valence-electron chi connectivity index (χ1n) is 11.5. The number of nitrogens with one attached hydrogen (secondary N) is 2. The van der Waals surface area contributed by atoms with E-state index in [0.29, 0.717) is 18.4 Å². The Kier molecular flexibility index (Phi) is 8.84. The summed E-state index contributed by atoms with van der Waals surface area (Å²) in [4.78, 5) is 18.8. The number of hydrogen-bond donors (Lipinski definition) is 2. The molecule has 0 radical (unpaired) electrons. The van der Waals surface area contributed by atoms with Crippen molar-refractivity contribution in [3.05, 3.63) is 35.9 Å². The molecule has 2 N–H and O–H groups in total. The lowest BCUT2D eigenvalue weighted by Crippen LogP contribution is -2.42. The second kappa shape index (κ2) is 11.3. The summed E-state index contributed by atoms with van der Waals surface area (Å²) < 4.78 is 0. The van der Waals surface area contributed by atoms with Gasteiger partial charge in [-0.05, 0) is 30.2 Å². The van der Waals surface area contributed by atoms with Crippen molar-refractivity contribution in [1.29, 1.82) is 0 Å². The van der Waals surface area contributed by atoms with Crippen LogP contribution in [-0.2, 0) is 11.2 Å². The highest BCUT2D eigenvalue weighted by Crippen LogP contribution is 2.44. The molecule has 3 fully saturated rings. The number of likely N-dealkylation sites (tertiary alicyclic amines) is 1. The Morgan fingerprint density at radius 2 is 1.93 bits per heavy atom. The molecule has 166 valence electrons. The van der Waals surface area contributed by atoms with Crippen molar-refractivity contribution < 1.29 is 4.79 Å². The highest BCUT2D eigenvalue weighted by molar-refractivity contribution is 14.0. The summed E-state index contributed by atoms with van der Waals surface area (Å²) in [5.41, 5.74) is 1.29. The van der Waals surface area contributed by atoms with Crippen molar-refractivity contribution in [1.82, 2.24) is 15.5 Å². The predicted molar refractivity (Wildman–Crippen MR) is 133 cm³/mol. The number of guanidine groups is 1. The Balaban J connectivity index is 0.00000256. The molecular weight excluding hydrogens is 487 g/mol. The summed E-state index contributed by atoms with van der Waals surface area (Å²) in [5, 5.41) is 7.10. The van der Waals surface area contributed by atoms with Gasteiger partial charge in [-0.2, -0.15) is 0 Å². The second-order valence-electron chi connectivity index (χ2n) is 9.15. The second-order valence-corrected chi connectivity index (χ2v) is 9.15. The molecule has 2 aliphatic carbocycles. The molecule has 1 saturated heterocycles. The fourth-order valence-electron chi connectivity index (χ4n) is 5.19. The maximum atomic E-state index is 12.4. The first kappa shape index (κ1) is 23.4. The lowest BCUT2D eigenvalue weighted by Gasteiger charge is -2.22. The van der Waals surface area contributed by atoms with Crippen LogP contribution >= 0.6 is 24.0 Å². The zero-order valence-electron chi connectivity index (χ0n) is 18.2. The molecule has 5 nitrogen and oxygen atoms in total. The normalized spacial score (nSPS) is 27.0. The van der Waals surface area contributed by atoms with Crippen molar-refractivity contribution in [2.24, 2.45) is 22.7 Å². The molecule has 6 heteroatoms. The molecule has 1 amide bonds. The largest absolute Gasteiger partial charge is 0.356 e. The number of halogens is 1. The van der Waals surface area contributed by atoms with E-state index in [1.165, 1.54) is 44.1 Å². The van der Waals surface area contributed by atoms with Crippen molar-refractivity contribution in [2.45, 2.75) is 57.4 Å². The Hall–Kier alpha value is -1.31. The zero-order chi connectivity index (χ0) is 20.1. The van der Waals surface area contributed by atoms with Crippen LogP contribution in [-0.4, -0.2) is 49.5 Å². The molecule has 0 aromatic heterocycles. The van der Waals surface area contributed by atoms with Gasteiger partial charge in [-0.15, -0.1) is 24.0 Å². The van der Waals surface area contributed by atoms with E-state index in [9.17, 15) is 4.79 Å². The number of carbonyl (C=O) groups is 1.